The Bertz CT molecular complexity index is 959. The number of anilines is 3. The number of rotatable bonds is 5. The molecule has 8 heteroatoms. The molecule has 0 saturated heterocycles. The van der Waals surface area contributed by atoms with Crippen LogP contribution in [0.25, 0.3) is 0 Å². The van der Waals surface area contributed by atoms with Crippen LogP contribution in [0.4, 0.5) is 17.3 Å². The number of hydrogen-bond acceptors (Lipinski definition) is 6. The monoisotopic (exact) mass is 382 g/mol. The molecule has 0 spiro atoms. The van der Waals surface area contributed by atoms with Crippen molar-refractivity contribution in [2.45, 2.75) is 0 Å². The van der Waals surface area contributed by atoms with Crippen LogP contribution in [0.3, 0.4) is 0 Å². The number of para-hydroxylation sites is 1. The van der Waals surface area contributed by atoms with Gasteiger partial charge in [-0.05, 0) is 36.4 Å². The first kappa shape index (κ1) is 18.3. The fourth-order valence-corrected chi connectivity index (χ4v) is 2.39. The minimum Gasteiger partial charge on any atom is -0.465 e. The van der Waals surface area contributed by atoms with Gasteiger partial charge in [-0.3, -0.25) is 4.79 Å². The van der Waals surface area contributed by atoms with E-state index in [0.29, 0.717) is 33.5 Å². The zero-order valence-corrected chi connectivity index (χ0v) is 15.0. The fraction of sp³-hybridized carbons (Fsp3) is 0.0526. The molecular formula is C19H15ClN4O3. The summed E-state index contributed by atoms with van der Waals surface area (Å²) in [7, 11) is 1.33. The summed E-state index contributed by atoms with van der Waals surface area (Å²) < 4.78 is 4.65. The maximum atomic E-state index is 12.3. The smallest absolute Gasteiger partial charge is 0.337 e. The molecule has 0 bridgehead atoms. The molecule has 1 heterocycles. The SMILES string of the molecule is COC(=O)c1ccc(Nc2ncc(C(=O)Nc3ccccc3Cl)cn2)cc1. The van der Waals surface area contributed by atoms with Gasteiger partial charge in [0.2, 0.25) is 5.95 Å². The van der Waals surface area contributed by atoms with E-state index in [2.05, 4.69) is 25.3 Å². The second-order valence-electron chi connectivity index (χ2n) is 5.42. The Balaban J connectivity index is 1.65. The average molecular weight is 383 g/mol. The van der Waals surface area contributed by atoms with Crippen LogP contribution in [-0.4, -0.2) is 29.0 Å². The maximum absolute atomic E-state index is 12.3. The van der Waals surface area contributed by atoms with Gasteiger partial charge in [-0.2, -0.15) is 0 Å². The lowest BCUT2D eigenvalue weighted by Gasteiger charge is -2.08. The van der Waals surface area contributed by atoms with Crippen molar-refractivity contribution < 1.29 is 14.3 Å². The number of carbonyl (C=O) groups is 2. The Labute approximate surface area is 160 Å². The summed E-state index contributed by atoms with van der Waals surface area (Å²) in [5.74, 6) is -0.459. The number of nitrogens with zero attached hydrogens (tertiary/aromatic N) is 2. The zero-order chi connectivity index (χ0) is 19.2. The van der Waals surface area contributed by atoms with E-state index in [-0.39, 0.29) is 5.91 Å². The third kappa shape index (κ3) is 4.59. The number of methoxy groups -OCH3 is 1. The molecular weight excluding hydrogens is 368 g/mol. The van der Waals surface area contributed by atoms with Crippen molar-refractivity contribution in [2.75, 3.05) is 17.7 Å². The Morgan fingerprint density at radius 3 is 2.26 bits per heavy atom. The van der Waals surface area contributed by atoms with Gasteiger partial charge in [-0.1, -0.05) is 23.7 Å². The number of aromatic nitrogens is 2. The maximum Gasteiger partial charge on any atom is 0.337 e. The first-order valence-electron chi connectivity index (χ1n) is 7.90. The Morgan fingerprint density at radius 1 is 0.963 bits per heavy atom. The summed E-state index contributed by atoms with van der Waals surface area (Å²) in [6, 6.07) is 13.6. The van der Waals surface area contributed by atoms with E-state index in [1.165, 1.54) is 19.5 Å². The van der Waals surface area contributed by atoms with Gasteiger partial charge in [0.15, 0.2) is 0 Å². The number of nitrogens with one attached hydrogen (secondary N) is 2. The lowest BCUT2D eigenvalue weighted by Crippen LogP contribution is -2.13. The van der Waals surface area contributed by atoms with Crippen LogP contribution in [0.15, 0.2) is 60.9 Å². The molecule has 0 atom stereocenters. The molecule has 0 aliphatic heterocycles. The quantitative estimate of drug-likeness (QED) is 0.650. The predicted octanol–water partition coefficient (Wildman–Crippen LogP) is 3.91. The number of esters is 1. The van der Waals surface area contributed by atoms with Crippen LogP contribution in [0.5, 0.6) is 0 Å². The molecule has 0 aliphatic rings. The lowest BCUT2D eigenvalue weighted by atomic mass is 10.2. The molecule has 0 fully saturated rings. The molecule has 0 radical (unpaired) electrons. The molecule has 0 unspecified atom stereocenters. The molecule has 7 nitrogen and oxygen atoms in total. The van der Waals surface area contributed by atoms with Crippen molar-refractivity contribution in [1.82, 2.24) is 9.97 Å². The highest BCUT2D eigenvalue weighted by atomic mass is 35.5. The first-order valence-corrected chi connectivity index (χ1v) is 8.28. The number of halogens is 1. The normalized spacial score (nSPS) is 10.1. The standard InChI is InChI=1S/C19H15ClN4O3/c1-27-18(26)12-6-8-14(9-7-12)23-19-21-10-13(11-22-19)17(25)24-16-5-3-2-4-15(16)20/h2-11H,1H3,(H,24,25)(H,21,22,23). The van der Waals surface area contributed by atoms with E-state index < -0.39 is 5.97 Å². The first-order chi connectivity index (χ1) is 13.1. The van der Waals surface area contributed by atoms with Gasteiger partial charge < -0.3 is 15.4 Å². The molecule has 3 aromatic rings. The van der Waals surface area contributed by atoms with E-state index in [0.717, 1.165) is 0 Å². The molecule has 0 saturated carbocycles. The van der Waals surface area contributed by atoms with Crippen molar-refractivity contribution in [1.29, 1.82) is 0 Å². The molecule has 136 valence electrons. The van der Waals surface area contributed by atoms with Gasteiger partial charge in [-0.15, -0.1) is 0 Å². The van der Waals surface area contributed by atoms with Crippen LogP contribution < -0.4 is 10.6 Å². The predicted molar refractivity (Wildman–Crippen MR) is 103 cm³/mol. The van der Waals surface area contributed by atoms with Crippen LogP contribution in [0.1, 0.15) is 20.7 Å². The Morgan fingerprint density at radius 2 is 1.63 bits per heavy atom. The largest absolute Gasteiger partial charge is 0.465 e. The van der Waals surface area contributed by atoms with E-state index in [1.807, 2.05) is 0 Å². The second-order valence-corrected chi connectivity index (χ2v) is 5.83. The Hall–Kier alpha value is -3.45. The summed E-state index contributed by atoms with van der Waals surface area (Å²) in [4.78, 5) is 31.9. The molecule has 2 N–H and O–H groups in total. The van der Waals surface area contributed by atoms with Crippen molar-refractivity contribution in [3.05, 3.63) is 77.1 Å². The van der Waals surface area contributed by atoms with Gasteiger partial charge in [-0.25, -0.2) is 14.8 Å². The third-order valence-electron chi connectivity index (χ3n) is 3.60. The van der Waals surface area contributed by atoms with E-state index in [9.17, 15) is 9.59 Å². The van der Waals surface area contributed by atoms with Crippen molar-refractivity contribution >= 4 is 40.8 Å². The van der Waals surface area contributed by atoms with E-state index in [4.69, 9.17) is 11.6 Å². The summed E-state index contributed by atoms with van der Waals surface area (Å²) >= 11 is 6.03. The van der Waals surface area contributed by atoms with E-state index in [1.54, 1.807) is 48.5 Å². The van der Waals surface area contributed by atoms with Crippen LogP contribution >= 0.6 is 11.6 Å². The number of carbonyl (C=O) groups excluding carboxylic acids is 2. The lowest BCUT2D eigenvalue weighted by molar-refractivity contribution is 0.0600. The van der Waals surface area contributed by atoms with Crippen molar-refractivity contribution in [3.8, 4) is 0 Å². The van der Waals surface area contributed by atoms with Crippen LogP contribution in [0, 0.1) is 0 Å². The number of hydrogen-bond donors (Lipinski definition) is 2. The van der Waals surface area contributed by atoms with Gasteiger partial charge in [0.25, 0.3) is 5.91 Å². The van der Waals surface area contributed by atoms with E-state index >= 15 is 0 Å². The topological polar surface area (TPSA) is 93.2 Å². The van der Waals surface area contributed by atoms with Crippen LogP contribution in [0.2, 0.25) is 5.02 Å². The minimum absolute atomic E-state index is 0.293. The highest BCUT2D eigenvalue weighted by Gasteiger charge is 2.10. The molecule has 2 aromatic carbocycles. The number of ether oxygens (including phenoxy) is 1. The summed E-state index contributed by atoms with van der Waals surface area (Å²) in [6.07, 6.45) is 2.81. The molecule has 0 aliphatic carbocycles. The summed E-state index contributed by atoms with van der Waals surface area (Å²) in [6.45, 7) is 0. The highest BCUT2D eigenvalue weighted by molar-refractivity contribution is 6.33. The van der Waals surface area contributed by atoms with Gasteiger partial charge >= 0.3 is 5.97 Å². The zero-order valence-electron chi connectivity index (χ0n) is 14.3. The number of amides is 1. The number of benzene rings is 2. The van der Waals surface area contributed by atoms with Crippen molar-refractivity contribution in [2.24, 2.45) is 0 Å². The average Bonchev–Trinajstić information content (AvgIpc) is 2.70. The molecule has 3 rings (SSSR count). The second kappa shape index (κ2) is 8.29. The Kier molecular flexibility index (Phi) is 5.63. The fourth-order valence-electron chi connectivity index (χ4n) is 2.20. The minimum atomic E-state index is -0.410. The molecule has 27 heavy (non-hydrogen) atoms. The van der Waals surface area contributed by atoms with Gasteiger partial charge in [0.1, 0.15) is 0 Å². The van der Waals surface area contributed by atoms with Gasteiger partial charge in [0, 0.05) is 18.1 Å². The molecule has 1 amide bonds. The molecule has 1 aromatic heterocycles. The van der Waals surface area contributed by atoms with Crippen molar-refractivity contribution in [3.63, 3.8) is 0 Å². The van der Waals surface area contributed by atoms with Gasteiger partial charge in [0.05, 0.1) is 28.9 Å². The summed E-state index contributed by atoms with van der Waals surface area (Å²) in [5.41, 5.74) is 1.94. The van der Waals surface area contributed by atoms with Crippen LogP contribution in [-0.2, 0) is 4.74 Å². The third-order valence-corrected chi connectivity index (χ3v) is 3.93. The summed E-state index contributed by atoms with van der Waals surface area (Å²) in [5, 5.41) is 6.13. The highest BCUT2D eigenvalue weighted by Crippen LogP contribution is 2.21.